The molecule has 1 aliphatic rings. The number of aromatic nitrogens is 1. The highest BCUT2D eigenvalue weighted by Crippen LogP contribution is 2.23. The van der Waals surface area contributed by atoms with Crippen LogP contribution in [0.3, 0.4) is 0 Å². The molecule has 2 atom stereocenters. The standard InChI is InChI=1S/C15H23N3O/c1-3-16-14-10-6-9-13(17-14)15(19)18-12-8-5-4-7-11(12)2/h6,9-12H,3-5,7-8H2,1-2H3,(H,16,17)(H,18,19). The summed E-state index contributed by atoms with van der Waals surface area (Å²) in [5, 5.41) is 6.25. The quantitative estimate of drug-likeness (QED) is 0.876. The molecule has 0 aromatic carbocycles. The van der Waals surface area contributed by atoms with Gasteiger partial charge in [0.15, 0.2) is 0 Å². The molecule has 1 amide bonds. The first-order valence-corrected chi connectivity index (χ1v) is 7.22. The summed E-state index contributed by atoms with van der Waals surface area (Å²) in [7, 11) is 0. The number of nitrogens with one attached hydrogen (secondary N) is 2. The van der Waals surface area contributed by atoms with Crippen molar-refractivity contribution in [3.05, 3.63) is 23.9 Å². The second-order valence-corrected chi connectivity index (χ2v) is 5.28. The van der Waals surface area contributed by atoms with Gasteiger partial charge in [-0.05, 0) is 37.8 Å². The number of carbonyl (C=O) groups is 1. The Morgan fingerprint density at radius 3 is 2.89 bits per heavy atom. The number of hydrogen-bond acceptors (Lipinski definition) is 3. The van der Waals surface area contributed by atoms with Gasteiger partial charge < -0.3 is 10.6 Å². The highest BCUT2D eigenvalue weighted by molar-refractivity contribution is 5.92. The van der Waals surface area contributed by atoms with Gasteiger partial charge in [0.2, 0.25) is 0 Å². The summed E-state index contributed by atoms with van der Waals surface area (Å²) in [5.41, 5.74) is 0.497. The zero-order chi connectivity index (χ0) is 13.7. The molecule has 19 heavy (non-hydrogen) atoms. The van der Waals surface area contributed by atoms with Crippen LogP contribution in [-0.2, 0) is 0 Å². The lowest BCUT2D eigenvalue weighted by Gasteiger charge is -2.29. The Morgan fingerprint density at radius 1 is 1.37 bits per heavy atom. The van der Waals surface area contributed by atoms with E-state index in [0.29, 0.717) is 17.7 Å². The molecule has 0 saturated heterocycles. The van der Waals surface area contributed by atoms with Crippen LogP contribution in [0, 0.1) is 5.92 Å². The van der Waals surface area contributed by atoms with Crippen LogP contribution in [0.1, 0.15) is 50.0 Å². The van der Waals surface area contributed by atoms with Crippen LogP contribution in [0.25, 0.3) is 0 Å². The summed E-state index contributed by atoms with van der Waals surface area (Å²) in [6, 6.07) is 5.81. The molecule has 1 aromatic rings. The van der Waals surface area contributed by atoms with Gasteiger partial charge in [-0.15, -0.1) is 0 Å². The van der Waals surface area contributed by atoms with Crippen molar-refractivity contribution in [3.63, 3.8) is 0 Å². The van der Waals surface area contributed by atoms with Gasteiger partial charge in [0.05, 0.1) is 0 Å². The van der Waals surface area contributed by atoms with E-state index in [9.17, 15) is 4.79 Å². The Morgan fingerprint density at radius 2 is 2.16 bits per heavy atom. The molecule has 4 nitrogen and oxygen atoms in total. The van der Waals surface area contributed by atoms with Gasteiger partial charge in [0.25, 0.3) is 5.91 Å². The fourth-order valence-electron chi connectivity index (χ4n) is 2.61. The maximum absolute atomic E-state index is 12.2. The number of anilines is 1. The van der Waals surface area contributed by atoms with E-state index >= 15 is 0 Å². The lowest BCUT2D eigenvalue weighted by molar-refractivity contribution is 0.0905. The van der Waals surface area contributed by atoms with Crippen LogP contribution in [0.15, 0.2) is 18.2 Å². The molecular weight excluding hydrogens is 238 g/mol. The minimum Gasteiger partial charge on any atom is -0.370 e. The summed E-state index contributed by atoms with van der Waals surface area (Å²) in [5.74, 6) is 1.26. The van der Waals surface area contributed by atoms with Crippen LogP contribution in [0.5, 0.6) is 0 Å². The number of rotatable bonds is 4. The lowest BCUT2D eigenvalue weighted by atomic mass is 9.86. The molecule has 2 rings (SSSR count). The van der Waals surface area contributed by atoms with Crippen LogP contribution >= 0.6 is 0 Å². The Balaban J connectivity index is 2.00. The van der Waals surface area contributed by atoms with E-state index in [1.807, 2.05) is 19.1 Å². The molecular formula is C15H23N3O. The molecule has 0 radical (unpaired) electrons. The number of pyridine rings is 1. The van der Waals surface area contributed by atoms with E-state index in [0.717, 1.165) is 18.8 Å². The smallest absolute Gasteiger partial charge is 0.270 e. The third kappa shape index (κ3) is 3.69. The van der Waals surface area contributed by atoms with E-state index in [4.69, 9.17) is 0 Å². The molecule has 1 saturated carbocycles. The predicted octanol–water partition coefficient (Wildman–Crippen LogP) is 2.82. The largest absolute Gasteiger partial charge is 0.370 e. The van der Waals surface area contributed by atoms with Crippen molar-refractivity contribution >= 4 is 11.7 Å². The summed E-state index contributed by atoms with van der Waals surface area (Å²) >= 11 is 0. The van der Waals surface area contributed by atoms with Crippen molar-refractivity contribution < 1.29 is 4.79 Å². The molecule has 0 spiro atoms. The molecule has 104 valence electrons. The van der Waals surface area contributed by atoms with E-state index in [1.165, 1.54) is 19.3 Å². The Labute approximate surface area is 115 Å². The highest BCUT2D eigenvalue weighted by Gasteiger charge is 2.23. The highest BCUT2D eigenvalue weighted by atomic mass is 16.1. The van der Waals surface area contributed by atoms with Crippen molar-refractivity contribution in [3.8, 4) is 0 Å². The second-order valence-electron chi connectivity index (χ2n) is 5.28. The van der Waals surface area contributed by atoms with Crippen LogP contribution in [0.4, 0.5) is 5.82 Å². The van der Waals surface area contributed by atoms with E-state index in [2.05, 4.69) is 22.5 Å². The maximum Gasteiger partial charge on any atom is 0.270 e. The first-order valence-electron chi connectivity index (χ1n) is 7.22. The van der Waals surface area contributed by atoms with Gasteiger partial charge in [0, 0.05) is 12.6 Å². The predicted molar refractivity (Wildman–Crippen MR) is 77.3 cm³/mol. The van der Waals surface area contributed by atoms with Crippen LogP contribution < -0.4 is 10.6 Å². The van der Waals surface area contributed by atoms with E-state index in [1.54, 1.807) is 6.07 Å². The van der Waals surface area contributed by atoms with Crippen molar-refractivity contribution in [2.75, 3.05) is 11.9 Å². The Bertz CT molecular complexity index is 433. The van der Waals surface area contributed by atoms with E-state index in [-0.39, 0.29) is 5.91 Å². The van der Waals surface area contributed by atoms with Crippen molar-refractivity contribution in [1.29, 1.82) is 0 Å². The first-order chi connectivity index (χ1) is 9.20. The molecule has 1 aliphatic carbocycles. The summed E-state index contributed by atoms with van der Waals surface area (Å²) in [6.07, 6.45) is 4.78. The minimum absolute atomic E-state index is 0.0569. The molecule has 2 N–H and O–H groups in total. The van der Waals surface area contributed by atoms with Crippen LogP contribution in [-0.4, -0.2) is 23.5 Å². The van der Waals surface area contributed by atoms with Crippen molar-refractivity contribution in [2.24, 2.45) is 5.92 Å². The summed E-state index contributed by atoms with van der Waals surface area (Å²) in [6.45, 7) is 5.03. The van der Waals surface area contributed by atoms with Gasteiger partial charge in [0.1, 0.15) is 11.5 Å². The number of nitrogens with zero attached hydrogens (tertiary/aromatic N) is 1. The summed E-state index contributed by atoms with van der Waals surface area (Å²) in [4.78, 5) is 16.5. The Hall–Kier alpha value is -1.58. The van der Waals surface area contributed by atoms with Crippen molar-refractivity contribution in [2.45, 2.75) is 45.6 Å². The molecule has 1 aromatic heterocycles. The average Bonchev–Trinajstić information content (AvgIpc) is 2.42. The third-order valence-corrected chi connectivity index (χ3v) is 3.77. The fraction of sp³-hybridized carbons (Fsp3) is 0.600. The van der Waals surface area contributed by atoms with E-state index < -0.39 is 0 Å². The van der Waals surface area contributed by atoms with Gasteiger partial charge in [-0.2, -0.15) is 0 Å². The second kappa shape index (κ2) is 6.55. The third-order valence-electron chi connectivity index (χ3n) is 3.77. The monoisotopic (exact) mass is 261 g/mol. The minimum atomic E-state index is -0.0569. The lowest BCUT2D eigenvalue weighted by Crippen LogP contribution is -2.41. The fourth-order valence-corrected chi connectivity index (χ4v) is 2.61. The zero-order valence-corrected chi connectivity index (χ0v) is 11.8. The number of carbonyl (C=O) groups excluding carboxylic acids is 1. The first kappa shape index (κ1) is 13.8. The molecule has 0 aliphatic heterocycles. The van der Waals surface area contributed by atoms with Gasteiger partial charge in [-0.1, -0.05) is 25.8 Å². The molecule has 1 heterocycles. The molecule has 4 heteroatoms. The topological polar surface area (TPSA) is 54.0 Å². The van der Waals surface area contributed by atoms with Gasteiger partial charge >= 0.3 is 0 Å². The normalized spacial score (nSPS) is 22.8. The van der Waals surface area contributed by atoms with Gasteiger partial charge in [-0.3, -0.25) is 4.79 Å². The SMILES string of the molecule is CCNc1cccc(C(=O)NC2CCCCC2C)n1. The average molecular weight is 261 g/mol. The molecule has 1 fully saturated rings. The van der Waals surface area contributed by atoms with Crippen molar-refractivity contribution in [1.82, 2.24) is 10.3 Å². The zero-order valence-electron chi connectivity index (χ0n) is 11.8. The van der Waals surface area contributed by atoms with Gasteiger partial charge in [-0.25, -0.2) is 4.98 Å². The number of hydrogen-bond donors (Lipinski definition) is 2. The maximum atomic E-state index is 12.2. The molecule has 2 unspecified atom stereocenters. The Kier molecular flexibility index (Phi) is 4.77. The van der Waals surface area contributed by atoms with Crippen LogP contribution in [0.2, 0.25) is 0 Å². The molecule has 0 bridgehead atoms. The summed E-state index contributed by atoms with van der Waals surface area (Å²) < 4.78 is 0. The number of amides is 1.